The molecule has 0 aliphatic carbocycles. The minimum atomic E-state index is -0.877. The van der Waals surface area contributed by atoms with E-state index >= 15 is 0 Å². The molecule has 7 heteroatoms. The van der Waals surface area contributed by atoms with Crippen LogP contribution in [-0.4, -0.2) is 65.9 Å². The number of thioether (sulfide) groups is 1. The lowest BCUT2D eigenvalue weighted by Gasteiger charge is -2.39. The Hall–Kier alpha value is -0.410. The first-order chi connectivity index (χ1) is 9.67. The molecule has 0 saturated carbocycles. The van der Waals surface area contributed by atoms with E-state index in [4.69, 9.17) is 0 Å². The summed E-state index contributed by atoms with van der Waals surface area (Å²) in [6, 6.07) is 0. The minimum Gasteiger partial charge on any atom is -0.379 e. The van der Waals surface area contributed by atoms with Crippen molar-refractivity contribution in [3.05, 3.63) is 25.3 Å². The lowest BCUT2D eigenvalue weighted by Crippen LogP contribution is -2.49. The fourth-order valence-corrected chi connectivity index (χ4v) is 3.61. The van der Waals surface area contributed by atoms with Gasteiger partial charge in [0.25, 0.3) is 0 Å². The van der Waals surface area contributed by atoms with E-state index in [1.807, 2.05) is 0 Å². The molecule has 6 nitrogen and oxygen atoms in total. The molecule has 0 heterocycles. The molecule has 0 aromatic heterocycles. The van der Waals surface area contributed by atoms with Crippen molar-refractivity contribution in [1.29, 1.82) is 0 Å². The van der Waals surface area contributed by atoms with Crippen LogP contribution in [0.2, 0.25) is 0 Å². The summed E-state index contributed by atoms with van der Waals surface area (Å²) in [6.07, 6.45) is -0.337. The second kappa shape index (κ2) is 9.58. The van der Waals surface area contributed by atoms with Crippen molar-refractivity contribution in [1.82, 2.24) is 9.80 Å². The Labute approximate surface area is 131 Å². The average Bonchev–Trinajstić information content (AvgIpc) is 2.34. The van der Waals surface area contributed by atoms with Crippen molar-refractivity contribution in [2.45, 2.75) is 63.4 Å². The number of rotatable bonds is 10. The molecule has 0 spiro atoms. The summed E-state index contributed by atoms with van der Waals surface area (Å²) < 4.78 is 0. The molecule has 0 amide bonds. The van der Waals surface area contributed by atoms with Gasteiger partial charge in [-0.2, -0.15) is 0 Å². The molecule has 0 aliphatic heterocycles. The molecule has 0 radical (unpaired) electrons. The molecule has 0 aliphatic rings. The maximum Gasteiger partial charge on any atom is 0.107 e. The van der Waals surface area contributed by atoms with E-state index in [1.165, 1.54) is 21.6 Å². The highest BCUT2D eigenvalue weighted by atomic mass is 32.2. The smallest absolute Gasteiger partial charge is 0.107 e. The van der Waals surface area contributed by atoms with Crippen LogP contribution in [0, 0.1) is 0 Å². The number of aliphatic hydroxyl groups is 4. The summed E-state index contributed by atoms with van der Waals surface area (Å²) in [4.78, 5) is 2.91. The van der Waals surface area contributed by atoms with Crippen molar-refractivity contribution in [2.24, 2.45) is 0 Å². The molecular weight excluding hydrogens is 292 g/mol. The average molecular weight is 320 g/mol. The van der Waals surface area contributed by atoms with E-state index < -0.39 is 35.7 Å². The van der Waals surface area contributed by atoms with Gasteiger partial charge in [0.2, 0.25) is 0 Å². The molecule has 0 bridgehead atoms. The van der Waals surface area contributed by atoms with Crippen molar-refractivity contribution >= 4 is 11.8 Å². The van der Waals surface area contributed by atoms with Crippen LogP contribution in [0.4, 0.5) is 0 Å². The predicted molar refractivity (Wildman–Crippen MR) is 86.0 cm³/mol. The summed E-state index contributed by atoms with van der Waals surface area (Å²) in [6.45, 7) is 13.6. The van der Waals surface area contributed by atoms with Crippen molar-refractivity contribution in [2.75, 3.05) is 0 Å². The van der Waals surface area contributed by atoms with Crippen LogP contribution in [0.3, 0.4) is 0 Å². The lowest BCUT2D eigenvalue weighted by molar-refractivity contribution is -0.0887. The van der Waals surface area contributed by atoms with Crippen LogP contribution in [-0.2, 0) is 0 Å². The molecule has 0 rings (SSSR count). The van der Waals surface area contributed by atoms with Crippen molar-refractivity contribution in [3.8, 4) is 0 Å². The Morgan fingerprint density at radius 2 is 0.952 bits per heavy atom. The summed E-state index contributed by atoms with van der Waals surface area (Å²) in [7, 11) is 0. The zero-order valence-corrected chi connectivity index (χ0v) is 13.9. The van der Waals surface area contributed by atoms with Crippen molar-refractivity contribution < 1.29 is 20.4 Å². The van der Waals surface area contributed by atoms with Crippen LogP contribution in [0.1, 0.15) is 27.7 Å². The highest BCUT2D eigenvalue weighted by molar-refractivity contribution is 8.00. The SMILES string of the molecule is C=CC(SC(C=C)N(C(C)O)C(C)O)N(C(C)O)C(C)O. The standard InChI is InChI=1S/C14H28N2O4S/c1-7-13(15(9(3)17)10(4)18)21-14(8-2)16(11(5)19)12(6)20/h7-14,17-20H,1-2H2,3-6H3. The molecular formula is C14H28N2O4S. The summed E-state index contributed by atoms with van der Waals surface area (Å²) in [5.74, 6) is 0. The molecule has 4 N–H and O–H groups in total. The zero-order chi connectivity index (χ0) is 16.7. The van der Waals surface area contributed by atoms with E-state index in [2.05, 4.69) is 13.2 Å². The molecule has 0 fully saturated rings. The van der Waals surface area contributed by atoms with Crippen molar-refractivity contribution in [3.63, 3.8) is 0 Å². The van der Waals surface area contributed by atoms with Crippen LogP contribution >= 0.6 is 11.8 Å². The van der Waals surface area contributed by atoms with Gasteiger partial charge < -0.3 is 20.4 Å². The maximum atomic E-state index is 9.79. The number of nitrogens with zero attached hydrogens (tertiary/aromatic N) is 2. The van der Waals surface area contributed by atoms with Gasteiger partial charge >= 0.3 is 0 Å². The largest absolute Gasteiger partial charge is 0.379 e. The molecule has 6 unspecified atom stereocenters. The summed E-state index contributed by atoms with van der Waals surface area (Å²) in [5, 5.41) is 38.3. The normalized spacial score (nSPS) is 20.7. The first-order valence-electron chi connectivity index (χ1n) is 6.85. The second-order valence-electron chi connectivity index (χ2n) is 4.81. The Balaban J connectivity index is 5.22. The highest BCUT2D eigenvalue weighted by Crippen LogP contribution is 2.29. The van der Waals surface area contributed by atoms with Gasteiger partial charge in [-0.05, 0) is 27.7 Å². The van der Waals surface area contributed by atoms with Gasteiger partial charge in [-0.15, -0.1) is 24.9 Å². The molecule has 0 aromatic rings. The molecule has 21 heavy (non-hydrogen) atoms. The molecule has 0 saturated heterocycles. The Bertz CT molecular complexity index is 278. The first-order valence-corrected chi connectivity index (χ1v) is 7.79. The van der Waals surface area contributed by atoms with Gasteiger partial charge in [0.1, 0.15) is 24.9 Å². The van der Waals surface area contributed by atoms with Gasteiger partial charge in [-0.3, -0.25) is 0 Å². The second-order valence-corrected chi connectivity index (χ2v) is 6.05. The fraction of sp³-hybridized carbons (Fsp3) is 0.714. The number of hydrogen-bond acceptors (Lipinski definition) is 7. The first kappa shape index (κ1) is 20.6. The van der Waals surface area contributed by atoms with Crippen LogP contribution in [0.15, 0.2) is 25.3 Å². The number of hydrogen-bond donors (Lipinski definition) is 4. The lowest BCUT2D eigenvalue weighted by atomic mass is 10.4. The third kappa shape index (κ3) is 6.07. The van der Waals surface area contributed by atoms with E-state index in [9.17, 15) is 20.4 Å². The van der Waals surface area contributed by atoms with E-state index in [-0.39, 0.29) is 0 Å². The van der Waals surface area contributed by atoms with Gasteiger partial charge in [0.15, 0.2) is 0 Å². The van der Waals surface area contributed by atoms with E-state index in [0.29, 0.717) is 0 Å². The quantitative estimate of drug-likeness (QED) is 0.348. The molecule has 6 atom stereocenters. The van der Waals surface area contributed by atoms with Gasteiger partial charge in [0.05, 0.1) is 10.7 Å². The summed E-state index contributed by atoms with van der Waals surface area (Å²) >= 11 is 1.30. The topological polar surface area (TPSA) is 87.4 Å². The van der Waals surface area contributed by atoms with E-state index in [0.717, 1.165) is 0 Å². The maximum absolute atomic E-state index is 9.79. The molecule has 0 aromatic carbocycles. The third-order valence-corrected chi connectivity index (χ3v) is 4.43. The zero-order valence-electron chi connectivity index (χ0n) is 13.1. The van der Waals surface area contributed by atoms with Gasteiger partial charge in [0, 0.05) is 0 Å². The molecule has 124 valence electrons. The summed E-state index contributed by atoms with van der Waals surface area (Å²) in [5.41, 5.74) is 0. The number of aliphatic hydroxyl groups excluding tert-OH is 4. The highest BCUT2D eigenvalue weighted by Gasteiger charge is 2.31. The fourth-order valence-electron chi connectivity index (χ4n) is 2.11. The van der Waals surface area contributed by atoms with E-state index in [1.54, 1.807) is 39.8 Å². The Morgan fingerprint density at radius 1 is 0.714 bits per heavy atom. The van der Waals surface area contributed by atoms with Crippen LogP contribution in [0.25, 0.3) is 0 Å². The Kier molecular flexibility index (Phi) is 9.39. The van der Waals surface area contributed by atoms with Gasteiger partial charge in [-0.25, -0.2) is 9.80 Å². The van der Waals surface area contributed by atoms with Gasteiger partial charge in [-0.1, -0.05) is 12.2 Å². The third-order valence-electron chi connectivity index (χ3n) is 3.00. The van der Waals surface area contributed by atoms with Crippen LogP contribution < -0.4 is 0 Å². The predicted octanol–water partition coefficient (Wildman–Crippen LogP) is 0.701. The van der Waals surface area contributed by atoms with Crippen LogP contribution in [0.5, 0.6) is 0 Å². The minimum absolute atomic E-state index is 0.423. The Morgan fingerprint density at radius 3 is 1.10 bits per heavy atom. The monoisotopic (exact) mass is 320 g/mol.